The van der Waals surface area contributed by atoms with Crippen LogP contribution in [0.2, 0.25) is 0 Å². The molecule has 0 heterocycles. The van der Waals surface area contributed by atoms with Crippen molar-refractivity contribution >= 4 is 11.8 Å². The van der Waals surface area contributed by atoms with Crippen molar-refractivity contribution in [1.29, 1.82) is 0 Å². The number of halogens is 1. The van der Waals surface area contributed by atoms with Crippen molar-refractivity contribution in [1.82, 2.24) is 5.32 Å². The fourth-order valence-electron chi connectivity index (χ4n) is 2.17. The molecule has 1 nitrogen and oxygen atoms in total. The normalized spacial score (nSPS) is 14.5. The van der Waals surface area contributed by atoms with E-state index < -0.39 is 0 Å². The summed E-state index contributed by atoms with van der Waals surface area (Å²) in [6, 6.07) is 5.78. The highest BCUT2D eigenvalue weighted by atomic mass is 32.2. The van der Waals surface area contributed by atoms with Crippen molar-refractivity contribution in [3.8, 4) is 0 Å². The molecule has 102 valence electrons. The third-order valence-corrected chi connectivity index (χ3v) is 4.01. The molecule has 1 aromatic carbocycles. The lowest BCUT2D eigenvalue weighted by Crippen LogP contribution is -2.29. The molecule has 0 spiro atoms. The van der Waals surface area contributed by atoms with Crippen molar-refractivity contribution in [3.63, 3.8) is 0 Å². The van der Waals surface area contributed by atoms with Crippen molar-refractivity contribution in [2.75, 3.05) is 18.6 Å². The topological polar surface area (TPSA) is 12.0 Å². The Morgan fingerprint density at radius 3 is 2.67 bits per heavy atom. The summed E-state index contributed by atoms with van der Waals surface area (Å²) in [6.07, 6.45) is 3.24. The van der Waals surface area contributed by atoms with E-state index in [4.69, 9.17) is 0 Å². The molecule has 0 aliphatic heterocycles. The molecule has 1 rings (SSSR count). The molecule has 1 N–H and O–H groups in total. The molecule has 0 aliphatic rings. The van der Waals surface area contributed by atoms with Gasteiger partial charge in [0.05, 0.1) is 0 Å². The summed E-state index contributed by atoms with van der Waals surface area (Å²) >= 11 is 1.86. The highest BCUT2D eigenvalue weighted by molar-refractivity contribution is 7.98. The lowest BCUT2D eigenvalue weighted by molar-refractivity contribution is 0.417. The minimum Gasteiger partial charge on any atom is -0.310 e. The average molecular weight is 269 g/mol. The molecule has 1 aromatic rings. The molecule has 0 bridgehead atoms. The van der Waals surface area contributed by atoms with E-state index in [-0.39, 0.29) is 5.82 Å². The number of benzene rings is 1. The predicted molar refractivity (Wildman–Crippen MR) is 79.7 cm³/mol. The Labute approximate surface area is 115 Å². The van der Waals surface area contributed by atoms with Crippen LogP contribution in [-0.2, 0) is 0 Å². The Balaban J connectivity index is 2.89. The van der Waals surface area contributed by atoms with Gasteiger partial charge in [0.15, 0.2) is 0 Å². The monoisotopic (exact) mass is 269 g/mol. The first-order chi connectivity index (χ1) is 8.60. The first-order valence-electron chi connectivity index (χ1n) is 6.58. The lowest BCUT2D eigenvalue weighted by atomic mass is 9.94. The number of rotatable bonds is 7. The van der Waals surface area contributed by atoms with E-state index >= 15 is 0 Å². The van der Waals surface area contributed by atoms with E-state index in [2.05, 4.69) is 25.4 Å². The molecule has 0 fully saturated rings. The van der Waals surface area contributed by atoms with Gasteiger partial charge < -0.3 is 5.32 Å². The van der Waals surface area contributed by atoms with E-state index in [1.807, 2.05) is 30.8 Å². The van der Waals surface area contributed by atoms with Crippen molar-refractivity contribution in [2.24, 2.45) is 5.92 Å². The van der Waals surface area contributed by atoms with Crippen LogP contribution in [0.15, 0.2) is 18.2 Å². The molecule has 0 saturated carbocycles. The fourth-order valence-corrected chi connectivity index (χ4v) is 2.89. The maximum Gasteiger partial charge on any atom is 0.126 e. The molecule has 0 amide bonds. The number of aryl methyl sites for hydroxylation is 1. The number of thioether (sulfide) groups is 1. The third-order valence-electron chi connectivity index (χ3n) is 3.15. The quantitative estimate of drug-likeness (QED) is 0.797. The maximum absolute atomic E-state index is 13.3. The Hall–Kier alpha value is -0.540. The van der Waals surface area contributed by atoms with Gasteiger partial charge in [-0.25, -0.2) is 4.39 Å². The van der Waals surface area contributed by atoms with Crippen LogP contribution in [0.3, 0.4) is 0 Å². The summed E-state index contributed by atoms with van der Waals surface area (Å²) in [5, 5.41) is 3.58. The predicted octanol–water partition coefficient (Wildman–Crippen LogP) is 4.17. The molecule has 0 aromatic heterocycles. The van der Waals surface area contributed by atoms with Crippen LogP contribution >= 0.6 is 11.8 Å². The average Bonchev–Trinajstić information content (AvgIpc) is 2.34. The van der Waals surface area contributed by atoms with E-state index in [0.717, 1.165) is 24.3 Å². The number of nitrogens with one attached hydrogen (secondary N) is 1. The third kappa shape index (κ3) is 4.29. The smallest absolute Gasteiger partial charge is 0.126 e. The number of hydrogen-bond acceptors (Lipinski definition) is 2. The second-order valence-electron chi connectivity index (χ2n) is 4.87. The summed E-state index contributed by atoms with van der Waals surface area (Å²) in [4.78, 5) is 0. The molecule has 0 radical (unpaired) electrons. The van der Waals surface area contributed by atoms with Crippen LogP contribution in [0.25, 0.3) is 0 Å². The van der Waals surface area contributed by atoms with Crippen LogP contribution in [0, 0.1) is 18.7 Å². The van der Waals surface area contributed by atoms with Gasteiger partial charge >= 0.3 is 0 Å². The molecule has 0 aliphatic carbocycles. The van der Waals surface area contributed by atoms with Crippen molar-refractivity contribution < 1.29 is 4.39 Å². The number of hydrogen-bond donors (Lipinski definition) is 1. The summed E-state index contributed by atoms with van der Waals surface area (Å²) in [6.45, 7) is 7.25. The Bertz CT molecular complexity index is 368. The van der Waals surface area contributed by atoms with Crippen LogP contribution in [0.1, 0.15) is 37.4 Å². The molecular formula is C15H24FNS. The Morgan fingerprint density at radius 2 is 2.11 bits per heavy atom. The molecule has 2 unspecified atom stereocenters. The van der Waals surface area contributed by atoms with Gasteiger partial charge in [-0.2, -0.15) is 11.8 Å². The highest BCUT2D eigenvalue weighted by Gasteiger charge is 2.18. The maximum atomic E-state index is 13.3. The lowest BCUT2D eigenvalue weighted by Gasteiger charge is -2.25. The highest BCUT2D eigenvalue weighted by Crippen LogP contribution is 2.26. The summed E-state index contributed by atoms with van der Waals surface area (Å²) < 4.78 is 13.3. The fraction of sp³-hybridized carbons (Fsp3) is 0.600. The van der Waals surface area contributed by atoms with Crippen LogP contribution in [-0.4, -0.2) is 18.6 Å². The molecule has 0 saturated heterocycles. The Morgan fingerprint density at radius 1 is 1.39 bits per heavy atom. The minimum atomic E-state index is -0.120. The largest absolute Gasteiger partial charge is 0.310 e. The first-order valence-corrected chi connectivity index (χ1v) is 7.97. The van der Waals surface area contributed by atoms with E-state index in [1.54, 1.807) is 6.07 Å². The second-order valence-corrected chi connectivity index (χ2v) is 5.78. The van der Waals surface area contributed by atoms with Gasteiger partial charge in [-0.3, -0.25) is 0 Å². The van der Waals surface area contributed by atoms with Gasteiger partial charge in [0.1, 0.15) is 5.82 Å². The molecule has 2 atom stereocenters. The zero-order valence-corrected chi connectivity index (χ0v) is 12.6. The minimum absolute atomic E-state index is 0.120. The van der Waals surface area contributed by atoms with Gasteiger partial charge in [-0.1, -0.05) is 26.0 Å². The van der Waals surface area contributed by atoms with Gasteiger partial charge in [0.25, 0.3) is 0 Å². The summed E-state index contributed by atoms with van der Waals surface area (Å²) in [7, 11) is 0. The molecule has 3 heteroatoms. The van der Waals surface area contributed by atoms with Gasteiger partial charge in [0.2, 0.25) is 0 Å². The van der Waals surface area contributed by atoms with Crippen LogP contribution in [0.5, 0.6) is 0 Å². The van der Waals surface area contributed by atoms with E-state index in [0.29, 0.717) is 12.0 Å². The first kappa shape index (κ1) is 15.5. The molecule has 18 heavy (non-hydrogen) atoms. The van der Waals surface area contributed by atoms with Crippen LogP contribution in [0.4, 0.5) is 4.39 Å². The summed E-state index contributed by atoms with van der Waals surface area (Å²) in [5.41, 5.74) is 1.93. The van der Waals surface area contributed by atoms with Gasteiger partial charge in [-0.15, -0.1) is 0 Å². The van der Waals surface area contributed by atoms with Crippen molar-refractivity contribution in [2.45, 2.75) is 33.2 Å². The zero-order valence-electron chi connectivity index (χ0n) is 11.8. The zero-order chi connectivity index (χ0) is 13.5. The van der Waals surface area contributed by atoms with Gasteiger partial charge in [0, 0.05) is 6.04 Å². The van der Waals surface area contributed by atoms with Crippen LogP contribution < -0.4 is 5.32 Å². The Kier molecular flexibility index (Phi) is 6.72. The van der Waals surface area contributed by atoms with E-state index in [1.165, 1.54) is 5.56 Å². The molecular weight excluding hydrogens is 245 g/mol. The standard InChI is InChI=1S/C15H24FNS/c1-5-8-17-15(12(3)10-18-4)13-6-7-14(16)11(2)9-13/h6-7,9,12,15,17H,5,8,10H2,1-4H3. The summed E-state index contributed by atoms with van der Waals surface area (Å²) in [5.74, 6) is 1.53. The SMILES string of the molecule is CCCNC(c1ccc(F)c(C)c1)C(C)CSC. The van der Waals surface area contributed by atoms with E-state index in [9.17, 15) is 4.39 Å². The van der Waals surface area contributed by atoms with Crippen molar-refractivity contribution in [3.05, 3.63) is 35.1 Å². The second kappa shape index (κ2) is 7.80. The van der Waals surface area contributed by atoms with Gasteiger partial charge in [-0.05, 0) is 55.0 Å².